The van der Waals surface area contributed by atoms with Crippen LogP contribution < -0.4 is 5.32 Å². The van der Waals surface area contributed by atoms with Crippen molar-refractivity contribution in [1.29, 1.82) is 0 Å². The third kappa shape index (κ3) is 2.42. The molecule has 102 valence electrons. The van der Waals surface area contributed by atoms with Crippen molar-refractivity contribution in [1.82, 2.24) is 15.1 Å². The van der Waals surface area contributed by atoms with Gasteiger partial charge in [-0.1, -0.05) is 11.6 Å². The fourth-order valence-electron chi connectivity index (χ4n) is 2.83. The summed E-state index contributed by atoms with van der Waals surface area (Å²) in [6.07, 6.45) is 5.11. The first-order chi connectivity index (χ1) is 8.62. The molecule has 0 aliphatic carbocycles. The highest BCUT2D eigenvalue weighted by Crippen LogP contribution is 2.38. The monoisotopic (exact) mass is 271 g/mol. The van der Waals surface area contributed by atoms with Crippen LogP contribution in [0.5, 0.6) is 0 Å². The van der Waals surface area contributed by atoms with E-state index in [-0.39, 0.29) is 11.6 Å². The molecule has 1 fully saturated rings. The zero-order chi connectivity index (χ0) is 13.2. The Hall–Kier alpha value is -0.580. The number of rotatable bonds is 4. The van der Waals surface area contributed by atoms with Crippen LogP contribution in [-0.4, -0.2) is 29.0 Å². The van der Waals surface area contributed by atoms with E-state index in [0.717, 1.165) is 31.7 Å². The lowest BCUT2D eigenvalue weighted by Gasteiger charge is -2.40. The number of aryl methyl sites for hydroxylation is 1. The molecule has 2 atom stereocenters. The molecule has 0 bridgehead atoms. The SMILES string of the molecule is CCn1ncc(Cl)c1C(NC)C1(C)CCCCO1. The molecule has 2 heterocycles. The molecule has 2 rings (SSSR count). The van der Waals surface area contributed by atoms with Gasteiger partial charge in [0.25, 0.3) is 0 Å². The third-order valence-electron chi connectivity index (χ3n) is 3.80. The molecule has 0 aromatic carbocycles. The second kappa shape index (κ2) is 5.59. The van der Waals surface area contributed by atoms with Crippen molar-refractivity contribution in [3.05, 3.63) is 16.9 Å². The number of ether oxygens (including phenoxy) is 1. The van der Waals surface area contributed by atoms with Crippen LogP contribution in [0.15, 0.2) is 6.20 Å². The molecule has 0 radical (unpaired) electrons. The van der Waals surface area contributed by atoms with Gasteiger partial charge in [0, 0.05) is 13.2 Å². The summed E-state index contributed by atoms with van der Waals surface area (Å²) in [5, 5.41) is 8.39. The maximum absolute atomic E-state index is 6.30. The molecule has 1 aromatic rings. The van der Waals surface area contributed by atoms with E-state index in [9.17, 15) is 0 Å². The molecule has 1 aliphatic rings. The first-order valence-corrected chi connectivity index (χ1v) is 7.02. The minimum absolute atomic E-state index is 0.0766. The molecule has 1 N–H and O–H groups in total. The lowest BCUT2D eigenvalue weighted by molar-refractivity contribution is -0.0899. The highest BCUT2D eigenvalue weighted by Gasteiger charge is 2.39. The average Bonchev–Trinajstić information content (AvgIpc) is 2.73. The zero-order valence-corrected chi connectivity index (χ0v) is 12.1. The molecule has 1 saturated heterocycles. The van der Waals surface area contributed by atoms with E-state index in [1.165, 1.54) is 6.42 Å². The Morgan fingerprint density at radius 3 is 2.94 bits per heavy atom. The molecular formula is C13H22ClN3O. The van der Waals surface area contributed by atoms with Gasteiger partial charge in [-0.25, -0.2) is 0 Å². The molecule has 18 heavy (non-hydrogen) atoms. The molecule has 2 unspecified atom stereocenters. The van der Waals surface area contributed by atoms with Gasteiger partial charge in [-0.15, -0.1) is 0 Å². The minimum atomic E-state index is -0.205. The molecule has 0 amide bonds. The summed E-state index contributed by atoms with van der Waals surface area (Å²) in [6, 6.07) is 0.0766. The van der Waals surface area contributed by atoms with Crippen LogP contribution in [-0.2, 0) is 11.3 Å². The van der Waals surface area contributed by atoms with Crippen molar-refractivity contribution in [3.63, 3.8) is 0 Å². The van der Waals surface area contributed by atoms with E-state index in [1.54, 1.807) is 6.20 Å². The molecule has 4 nitrogen and oxygen atoms in total. The normalized spacial score (nSPS) is 26.2. The predicted molar refractivity (Wildman–Crippen MR) is 72.9 cm³/mol. The Morgan fingerprint density at radius 1 is 1.61 bits per heavy atom. The summed E-state index contributed by atoms with van der Waals surface area (Å²) in [5.41, 5.74) is 0.829. The molecule has 1 aliphatic heterocycles. The molecule has 0 spiro atoms. The first kappa shape index (κ1) is 13.8. The van der Waals surface area contributed by atoms with Gasteiger partial charge in [0.05, 0.1) is 28.6 Å². The zero-order valence-electron chi connectivity index (χ0n) is 11.4. The fraction of sp³-hybridized carbons (Fsp3) is 0.769. The quantitative estimate of drug-likeness (QED) is 0.915. The highest BCUT2D eigenvalue weighted by atomic mass is 35.5. The molecular weight excluding hydrogens is 250 g/mol. The van der Waals surface area contributed by atoms with E-state index in [2.05, 4.69) is 24.3 Å². The van der Waals surface area contributed by atoms with Crippen LogP contribution in [0.1, 0.15) is 44.8 Å². The number of halogens is 1. The smallest absolute Gasteiger partial charge is 0.0864 e. The van der Waals surface area contributed by atoms with Gasteiger partial charge in [-0.2, -0.15) is 5.10 Å². The van der Waals surface area contributed by atoms with Gasteiger partial charge in [-0.05, 0) is 40.2 Å². The highest BCUT2D eigenvalue weighted by molar-refractivity contribution is 6.31. The number of nitrogens with one attached hydrogen (secondary N) is 1. The topological polar surface area (TPSA) is 39.1 Å². The second-order valence-electron chi connectivity index (χ2n) is 5.03. The summed E-state index contributed by atoms with van der Waals surface area (Å²) >= 11 is 6.30. The van der Waals surface area contributed by atoms with Gasteiger partial charge in [0.15, 0.2) is 0 Å². The van der Waals surface area contributed by atoms with Gasteiger partial charge < -0.3 is 10.1 Å². The van der Waals surface area contributed by atoms with Crippen LogP contribution in [0.3, 0.4) is 0 Å². The predicted octanol–water partition coefficient (Wildman–Crippen LogP) is 2.78. The van der Waals surface area contributed by atoms with E-state index >= 15 is 0 Å². The van der Waals surface area contributed by atoms with E-state index in [4.69, 9.17) is 16.3 Å². The van der Waals surface area contributed by atoms with E-state index < -0.39 is 0 Å². The van der Waals surface area contributed by atoms with Crippen molar-refractivity contribution in [2.75, 3.05) is 13.7 Å². The maximum atomic E-state index is 6.30. The van der Waals surface area contributed by atoms with Crippen molar-refractivity contribution < 1.29 is 4.74 Å². The van der Waals surface area contributed by atoms with E-state index in [0.29, 0.717) is 5.02 Å². The van der Waals surface area contributed by atoms with Crippen LogP contribution in [0.4, 0.5) is 0 Å². The number of hydrogen-bond acceptors (Lipinski definition) is 3. The summed E-state index contributed by atoms with van der Waals surface area (Å²) in [5.74, 6) is 0. The van der Waals surface area contributed by atoms with Crippen molar-refractivity contribution >= 4 is 11.6 Å². The Kier molecular flexibility index (Phi) is 4.30. The molecule has 5 heteroatoms. The lowest BCUT2D eigenvalue weighted by atomic mass is 9.86. The number of nitrogens with zero attached hydrogens (tertiary/aromatic N) is 2. The average molecular weight is 272 g/mol. The summed E-state index contributed by atoms with van der Waals surface area (Å²) < 4.78 is 7.99. The van der Waals surface area contributed by atoms with Gasteiger partial charge in [0.2, 0.25) is 0 Å². The fourth-order valence-corrected chi connectivity index (χ4v) is 3.08. The summed E-state index contributed by atoms with van der Waals surface area (Å²) in [7, 11) is 1.96. The minimum Gasteiger partial charge on any atom is -0.373 e. The van der Waals surface area contributed by atoms with Crippen LogP contribution >= 0.6 is 11.6 Å². The van der Waals surface area contributed by atoms with Crippen LogP contribution in [0.25, 0.3) is 0 Å². The number of likely N-dealkylation sites (N-methyl/N-ethyl adjacent to an activating group) is 1. The Balaban J connectivity index is 2.34. The standard InChI is InChI=1S/C13H22ClN3O/c1-4-17-11(10(14)9-16-17)12(15-3)13(2)7-5-6-8-18-13/h9,12,15H,4-8H2,1-3H3. The Morgan fingerprint density at radius 2 is 2.39 bits per heavy atom. The summed E-state index contributed by atoms with van der Waals surface area (Å²) in [6.45, 7) is 5.88. The number of aromatic nitrogens is 2. The summed E-state index contributed by atoms with van der Waals surface area (Å²) in [4.78, 5) is 0. The van der Waals surface area contributed by atoms with E-state index in [1.807, 2.05) is 11.7 Å². The van der Waals surface area contributed by atoms with Gasteiger partial charge in [-0.3, -0.25) is 4.68 Å². The number of hydrogen-bond donors (Lipinski definition) is 1. The van der Waals surface area contributed by atoms with Gasteiger partial charge >= 0.3 is 0 Å². The van der Waals surface area contributed by atoms with Crippen molar-refractivity contribution in [3.8, 4) is 0 Å². The Bertz CT molecular complexity index is 399. The molecule has 0 saturated carbocycles. The van der Waals surface area contributed by atoms with Crippen LogP contribution in [0, 0.1) is 0 Å². The first-order valence-electron chi connectivity index (χ1n) is 6.65. The lowest BCUT2D eigenvalue weighted by Crippen LogP contribution is -2.45. The third-order valence-corrected chi connectivity index (χ3v) is 4.10. The van der Waals surface area contributed by atoms with Crippen molar-refractivity contribution in [2.24, 2.45) is 0 Å². The van der Waals surface area contributed by atoms with Crippen LogP contribution in [0.2, 0.25) is 5.02 Å². The van der Waals surface area contributed by atoms with Crippen molar-refractivity contribution in [2.45, 2.75) is 51.3 Å². The molecule has 1 aromatic heterocycles. The van der Waals surface area contributed by atoms with Gasteiger partial charge in [0.1, 0.15) is 0 Å². The second-order valence-corrected chi connectivity index (χ2v) is 5.44. The maximum Gasteiger partial charge on any atom is 0.0864 e. The largest absolute Gasteiger partial charge is 0.373 e. The Labute approximate surface area is 114 Å².